The molecule has 0 bridgehead atoms. The fourth-order valence-corrected chi connectivity index (χ4v) is 8.50. The van der Waals surface area contributed by atoms with E-state index in [1.165, 1.54) is 31.3 Å². The Morgan fingerprint density at radius 3 is 1.81 bits per heavy atom. The third kappa shape index (κ3) is 4.01. The van der Waals surface area contributed by atoms with Gasteiger partial charge in [0.15, 0.2) is 0 Å². The zero-order chi connectivity index (χ0) is 36.0. The Balaban J connectivity index is 1.33. The zero-order valence-corrected chi connectivity index (χ0v) is 26.4. The molecular weight excluding hydrogens is 601 g/mol. The maximum atomic E-state index is 8.92. The molecule has 10 rings (SSSR count). The van der Waals surface area contributed by atoms with E-state index in [0.717, 1.165) is 43.9 Å². The Morgan fingerprint density at radius 2 is 1.06 bits per heavy atom. The van der Waals surface area contributed by atoms with E-state index in [9.17, 15) is 0 Å². The molecule has 0 spiro atoms. The van der Waals surface area contributed by atoms with Crippen LogP contribution in [0.3, 0.4) is 0 Å². The van der Waals surface area contributed by atoms with Crippen molar-refractivity contribution < 1.29 is 6.85 Å². The normalized spacial score (nSPS) is 13.2. The summed E-state index contributed by atoms with van der Waals surface area (Å²) in [6.07, 6.45) is 0. The summed E-state index contributed by atoms with van der Waals surface area (Å²) >= 11 is 1.82. The van der Waals surface area contributed by atoms with E-state index in [1.54, 1.807) is 0 Å². The molecule has 2 heterocycles. The number of para-hydroxylation sites is 3. The number of thiophene rings is 1. The second-order valence-electron chi connectivity index (χ2n) is 11.9. The van der Waals surface area contributed by atoms with Crippen LogP contribution in [-0.4, -0.2) is 9.55 Å². The van der Waals surface area contributed by atoms with Crippen LogP contribution in [0.25, 0.3) is 92.1 Å². The van der Waals surface area contributed by atoms with Crippen LogP contribution in [0.2, 0.25) is 0 Å². The van der Waals surface area contributed by atoms with E-state index < -0.39 is 18.1 Å². The van der Waals surface area contributed by atoms with Crippen molar-refractivity contribution in [2.75, 3.05) is 0 Å². The summed E-state index contributed by atoms with van der Waals surface area (Å²) < 4.78 is 47.5. The van der Waals surface area contributed by atoms with Gasteiger partial charge in [0.1, 0.15) is 5.82 Å². The van der Waals surface area contributed by atoms with Crippen molar-refractivity contribution in [3.05, 3.63) is 170 Å². The molecule has 2 nitrogen and oxygen atoms in total. The van der Waals surface area contributed by atoms with Gasteiger partial charge in [-0.15, -0.1) is 11.3 Å². The Labute approximate surface area is 288 Å². The van der Waals surface area contributed by atoms with Gasteiger partial charge in [-0.25, -0.2) is 4.98 Å². The van der Waals surface area contributed by atoms with E-state index in [2.05, 4.69) is 97.1 Å². The van der Waals surface area contributed by atoms with Crippen LogP contribution < -0.4 is 0 Å². The van der Waals surface area contributed by atoms with E-state index in [0.29, 0.717) is 5.52 Å². The summed E-state index contributed by atoms with van der Waals surface area (Å²) in [6, 6.07) is 46.4. The number of fused-ring (bicyclic) bond motifs is 6. The van der Waals surface area contributed by atoms with Crippen LogP contribution >= 0.6 is 11.3 Å². The Kier molecular flexibility index (Phi) is 5.04. The lowest BCUT2D eigenvalue weighted by Gasteiger charge is -2.21. The first-order chi connectivity index (χ1) is 25.9. The van der Waals surface area contributed by atoms with Crippen molar-refractivity contribution in [2.24, 2.45) is 0 Å². The highest BCUT2D eigenvalue weighted by atomic mass is 32.1. The van der Waals surface area contributed by atoms with Gasteiger partial charge in [0.05, 0.1) is 23.6 Å². The van der Waals surface area contributed by atoms with Gasteiger partial charge >= 0.3 is 0 Å². The first-order valence-corrected chi connectivity index (χ1v) is 16.7. The molecule has 0 amide bonds. The minimum atomic E-state index is -0.434. The molecule has 48 heavy (non-hydrogen) atoms. The van der Waals surface area contributed by atoms with Crippen molar-refractivity contribution >= 4 is 64.1 Å². The first kappa shape index (κ1) is 22.5. The van der Waals surface area contributed by atoms with Gasteiger partial charge in [0, 0.05) is 31.3 Å². The van der Waals surface area contributed by atoms with E-state index in [1.807, 2.05) is 58.4 Å². The molecule has 0 fully saturated rings. The van der Waals surface area contributed by atoms with Crippen molar-refractivity contribution in [3.8, 4) is 39.3 Å². The summed E-state index contributed by atoms with van der Waals surface area (Å²) in [4.78, 5) is 4.95. The fraction of sp³-hybridized carbons (Fsp3) is 0. The van der Waals surface area contributed by atoms with E-state index >= 15 is 0 Å². The summed E-state index contributed by atoms with van der Waals surface area (Å²) in [5, 5.41) is 6.92. The van der Waals surface area contributed by atoms with Crippen LogP contribution in [0.1, 0.15) is 6.85 Å². The van der Waals surface area contributed by atoms with Crippen LogP contribution in [-0.2, 0) is 0 Å². The van der Waals surface area contributed by atoms with Crippen molar-refractivity contribution in [1.29, 1.82) is 0 Å². The number of aromatic nitrogens is 2. The minimum Gasteiger partial charge on any atom is -0.292 e. The van der Waals surface area contributed by atoms with Gasteiger partial charge in [-0.05, 0) is 68.6 Å². The topological polar surface area (TPSA) is 17.8 Å². The minimum absolute atomic E-state index is 0.0585. The second kappa shape index (κ2) is 10.8. The summed E-state index contributed by atoms with van der Waals surface area (Å²) in [6.45, 7) is 0. The highest BCUT2D eigenvalue weighted by Crippen LogP contribution is 2.49. The summed E-state index contributed by atoms with van der Waals surface area (Å²) in [7, 11) is 0. The molecule has 0 aliphatic heterocycles. The molecule has 224 valence electrons. The monoisotopic (exact) mass is 633 g/mol. The van der Waals surface area contributed by atoms with Gasteiger partial charge < -0.3 is 0 Å². The van der Waals surface area contributed by atoms with Crippen LogP contribution in [0.15, 0.2) is 170 Å². The molecule has 0 aliphatic carbocycles. The van der Waals surface area contributed by atoms with Crippen LogP contribution in [0.5, 0.6) is 0 Å². The van der Waals surface area contributed by atoms with Gasteiger partial charge in [-0.1, -0.05) is 139 Å². The van der Waals surface area contributed by atoms with Gasteiger partial charge in [-0.3, -0.25) is 4.57 Å². The number of imidazole rings is 1. The maximum Gasteiger partial charge on any atom is 0.145 e. The number of benzene rings is 8. The summed E-state index contributed by atoms with van der Waals surface area (Å²) in [5.74, 6) is 0.289. The van der Waals surface area contributed by atoms with Gasteiger partial charge in [0.25, 0.3) is 0 Å². The number of rotatable bonds is 4. The highest BCUT2D eigenvalue weighted by molar-refractivity contribution is 7.25. The molecule has 0 N–H and O–H groups in total. The van der Waals surface area contributed by atoms with Crippen molar-refractivity contribution in [1.82, 2.24) is 9.55 Å². The largest absolute Gasteiger partial charge is 0.292 e. The lowest BCUT2D eigenvalue weighted by Crippen LogP contribution is -2.01. The molecule has 0 saturated heterocycles. The van der Waals surface area contributed by atoms with Crippen LogP contribution in [0, 0.1) is 0 Å². The Hall–Kier alpha value is -6.03. The SMILES string of the molecule is [2H]c1c([2H])c([2H])c(-c2nc3ccccc3n2-c2ccccc2-c2c3ccccc3c(-c3cccc4sc5ccccc5c34)c3ccccc23)c([2H])c1[2H]. The van der Waals surface area contributed by atoms with Crippen molar-refractivity contribution in [3.63, 3.8) is 0 Å². The first-order valence-electron chi connectivity index (χ1n) is 18.4. The molecule has 0 aliphatic rings. The predicted octanol–water partition coefficient (Wildman–Crippen LogP) is 12.7. The fourth-order valence-electron chi connectivity index (χ4n) is 7.37. The third-order valence-electron chi connectivity index (χ3n) is 9.30. The second-order valence-corrected chi connectivity index (χ2v) is 13.0. The molecule has 2 aromatic heterocycles. The van der Waals surface area contributed by atoms with Gasteiger partial charge in [0.2, 0.25) is 0 Å². The maximum absolute atomic E-state index is 8.92. The van der Waals surface area contributed by atoms with E-state index in [4.69, 9.17) is 11.8 Å². The molecule has 0 radical (unpaired) electrons. The standard InChI is InChI=1S/C45H28N2S/c1-2-15-29(16-3-1)45-46-37-24-10-12-26-39(37)47(45)38-25-11-8-21-34(38)42-30-17-4-6-19-32(30)43(33-20-7-5-18-31(33)42)36-23-14-28-41-44(36)35-22-9-13-27-40(35)48-41/h1-28H/i1D,2D,3D,15D,16D. The molecule has 10 aromatic rings. The lowest BCUT2D eigenvalue weighted by atomic mass is 9.84. The van der Waals surface area contributed by atoms with Crippen LogP contribution in [0.4, 0.5) is 0 Å². The Morgan fingerprint density at radius 1 is 0.500 bits per heavy atom. The Bertz CT molecular complexity index is 3060. The number of hydrogen-bond acceptors (Lipinski definition) is 2. The number of nitrogens with zero attached hydrogens (tertiary/aromatic N) is 2. The van der Waals surface area contributed by atoms with Gasteiger partial charge in [-0.2, -0.15) is 0 Å². The number of hydrogen-bond donors (Lipinski definition) is 0. The molecule has 0 atom stereocenters. The average molecular weight is 634 g/mol. The molecule has 0 unspecified atom stereocenters. The lowest BCUT2D eigenvalue weighted by molar-refractivity contribution is 1.10. The molecule has 8 aromatic carbocycles. The van der Waals surface area contributed by atoms with Crippen molar-refractivity contribution in [2.45, 2.75) is 0 Å². The predicted molar refractivity (Wildman–Crippen MR) is 205 cm³/mol. The molecule has 3 heteroatoms. The summed E-state index contributed by atoms with van der Waals surface area (Å²) in [5.41, 5.74) is 6.62. The zero-order valence-electron chi connectivity index (χ0n) is 30.6. The highest BCUT2D eigenvalue weighted by Gasteiger charge is 2.23. The average Bonchev–Trinajstić information content (AvgIpc) is 3.77. The molecular formula is C45H28N2S. The quantitative estimate of drug-likeness (QED) is 0.176. The smallest absolute Gasteiger partial charge is 0.145 e. The third-order valence-corrected chi connectivity index (χ3v) is 10.4. The van der Waals surface area contributed by atoms with E-state index in [-0.39, 0.29) is 23.5 Å². The molecule has 0 saturated carbocycles.